The van der Waals surface area contributed by atoms with Crippen LogP contribution in [0.25, 0.3) is 0 Å². The van der Waals surface area contributed by atoms with Gasteiger partial charge < -0.3 is 16.0 Å². The van der Waals surface area contributed by atoms with Gasteiger partial charge in [-0.3, -0.25) is 0 Å². The molecule has 1 heterocycles. The molecule has 1 aromatic rings. The van der Waals surface area contributed by atoms with Crippen LogP contribution in [0.15, 0.2) is 18.2 Å². The second kappa shape index (κ2) is 5.54. The van der Waals surface area contributed by atoms with E-state index in [2.05, 4.69) is 5.32 Å². The van der Waals surface area contributed by atoms with Crippen LogP contribution in [0, 0.1) is 5.82 Å². The van der Waals surface area contributed by atoms with Gasteiger partial charge in [0, 0.05) is 19.1 Å². The summed E-state index contributed by atoms with van der Waals surface area (Å²) >= 11 is 5.88. The largest absolute Gasteiger partial charge is 0.326 e. The Morgan fingerprint density at radius 3 is 3.06 bits per heavy atom. The first-order valence-electron chi connectivity index (χ1n) is 5.83. The summed E-state index contributed by atoms with van der Waals surface area (Å²) in [6.07, 6.45) is 1.80. The molecule has 1 fully saturated rings. The molecule has 0 radical (unpaired) electrons. The number of nitrogens with zero attached hydrogens (tertiary/aromatic N) is 1. The number of carbonyl (C=O) groups is 1. The molecule has 4 nitrogen and oxygen atoms in total. The number of anilines is 1. The molecule has 0 bridgehead atoms. The summed E-state index contributed by atoms with van der Waals surface area (Å²) in [4.78, 5) is 13.6. The Labute approximate surface area is 110 Å². The molecule has 0 saturated carbocycles. The van der Waals surface area contributed by atoms with Crippen LogP contribution in [0.3, 0.4) is 0 Å². The maximum atomic E-state index is 13.1. The van der Waals surface area contributed by atoms with E-state index in [4.69, 9.17) is 17.3 Å². The summed E-state index contributed by atoms with van der Waals surface area (Å²) in [5.74, 6) is -0.440. The monoisotopic (exact) mass is 271 g/mol. The number of amides is 2. The van der Waals surface area contributed by atoms with Crippen molar-refractivity contribution in [2.24, 2.45) is 5.73 Å². The van der Waals surface area contributed by atoms with Crippen LogP contribution in [0.1, 0.15) is 12.8 Å². The lowest BCUT2D eigenvalue weighted by molar-refractivity contribution is 0.193. The van der Waals surface area contributed by atoms with Crippen molar-refractivity contribution in [2.75, 3.05) is 18.4 Å². The number of likely N-dealkylation sites (tertiary alicyclic amines) is 1. The van der Waals surface area contributed by atoms with Crippen molar-refractivity contribution in [3.8, 4) is 0 Å². The number of benzene rings is 1. The number of nitrogens with one attached hydrogen (secondary N) is 1. The smallest absolute Gasteiger partial charge is 0.321 e. The van der Waals surface area contributed by atoms with Crippen molar-refractivity contribution in [1.82, 2.24) is 4.90 Å². The van der Waals surface area contributed by atoms with Gasteiger partial charge in [0.1, 0.15) is 5.82 Å². The van der Waals surface area contributed by atoms with Gasteiger partial charge >= 0.3 is 6.03 Å². The van der Waals surface area contributed by atoms with E-state index in [1.54, 1.807) is 4.90 Å². The summed E-state index contributed by atoms with van der Waals surface area (Å²) in [5, 5.41) is 2.91. The van der Waals surface area contributed by atoms with Gasteiger partial charge in [0.15, 0.2) is 0 Å². The fourth-order valence-corrected chi connectivity index (χ4v) is 2.15. The van der Waals surface area contributed by atoms with Crippen molar-refractivity contribution in [1.29, 1.82) is 0 Å². The van der Waals surface area contributed by atoms with Crippen LogP contribution in [0.4, 0.5) is 14.9 Å². The number of halogens is 2. The van der Waals surface area contributed by atoms with E-state index in [0.717, 1.165) is 12.8 Å². The normalized spacial score (nSPS) is 19.7. The summed E-state index contributed by atoms with van der Waals surface area (Å²) in [5.41, 5.74) is 6.08. The number of carbonyl (C=O) groups excluding carboxylic acids is 1. The SMILES string of the molecule is N[C@@H]1CCCN(C(=O)Nc2cc(F)ccc2Cl)C1. The number of hydrogen-bond acceptors (Lipinski definition) is 2. The van der Waals surface area contributed by atoms with Crippen LogP contribution in [0.2, 0.25) is 5.02 Å². The first-order chi connectivity index (χ1) is 8.56. The van der Waals surface area contributed by atoms with Crippen molar-refractivity contribution in [3.05, 3.63) is 29.0 Å². The molecule has 1 saturated heterocycles. The summed E-state index contributed by atoms with van der Waals surface area (Å²) in [6, 6.07) is 3.57. The van der Waals surface area contributed by atoms with Crippen LogP contribution in [0.5, 0.6) is 0 Å². The van der Waals surface area contributed by atoms with Crippen molar-refractivity contribution in [3.63, 3.8) is 0 Å². The number of rotatable bonds is 1. The zero-order chi connectivity index (χ0) is 13.1. The fourth-order valence-electron chi connectivity index (χ4n) is 1.98. The van der Waals surface area contributed by atoms with Crippen molar-refractivity contribution >= 4 is 23.3 Å². The van der Waals surface area contributed by atoms with Crippen molar-refractivity contribution in [2.45, 2.75) is 18.9 Å². The second-order valence-electron chi connectivity index (χ2n) is 4.40. The molecular formula is C12H15ClFN3O. The molecule has 1 aliphatic rings. The van der Waals surface area contributed by atoms with E-state index < -0.39 is 5.82 Å². The van der Waals surface area contributed by atoms with Crippen LogP contribution < -0.4 is 11.1 Å². The quantitative estimate of drug-likeness (QED) is 0.824. The highest BCUT2D eigenvalue weighted by Gasteiger charge is 2.21. The van der Waals surface area contributed by atoms with E-state index in [1.165, 1.54) is 18.2 Å². The Morgan fingerprint density at radius 2 is 2.33 bits per heavy atom. The molecule has 2 amide bonds. The molecule has 3 N–H and O–H groups in total. The van der Waals surface area contributed by atoms with Crippen LogP contribution in [-0.4, -0.2) is 30.1 Å². The van der Waals surface area contributed by atoms with Crippen LogP contribution >= 0.6 is 11.6 Å². The maximum absolute atomic E-state index is 13.1. The summed E-state index contributed by atoms with van der Waals surface area (Å²) in [7, 11) is 0. The predicted octanol–water partition coefficient (Wildman–Crippen LogP) is 2.43. The molecule has 0 aliphatic carbocycles. The molecule has 0 aromatic heterocycles. The average molecular weight is 272 g/mol. The molecule has 1 aliphatic heterocycles. The number of nitrogens with two attached hydrogens (primary N) is 1. The molecular weight excluding hydrogens is 257 g/mol. The van der Waals surface area contributed by atoms with E-state index in [-0.39, 0.29) is 17.8 Å². The predicted molar refractivity (Wildman–Crippen MR) is 69.2 cm³/mol. The molecule has 6 heteroatoms. The molecule has 0 spiro atoms. The molecule has 1 atom stereocenters. The first-order valence-corrected chi connectivity index (χ1v) is 6.20. The lowest BCUT2D eigenvalue weighted by Crippen LogP contribution is -2.47. The minimum Gasteiger partial charge on any atom is -0.326 e. The minimum atomic E-state index is -0.440. The van der Waals surface area contributed by atoms with E-state index in [9.17, 15) is 9.18 Å². The fraction of sp³-hybridized carbons (Fsp3) is 0.417. The number of piperidine rings is 1. The van der Waals surface area contributed by atoms with Gasteiger partial charge in [0.2, 0.25) is 0 Å². The highest BCUT2D eigenvalue weighted by Crippen LogP contribution is 2.23. The zero-order valence-corrected chi connectivity index (χ0v) is 10.6. The molecule has 0 unspecified atom stereocenters. The van der Waals surface area contributed by atoms with Crippen LogP contribution in [-0.2, 0) is 0 Å². The van der Waals surface area contributed by atoms with Gasteiger partial charge in [-0.2, -0.15) is 0 Å². The third-order valence-corrected chi connectivity index (χ3v) is 3.24. The summed E-state index contributed by atoms with van der Waals surface area (Å²) < 4.78 is 13.1. The number of urea groups is 1. The van der Waals surface area contributed by atoms with Gasteiger partial charge in [-0.15, -0.1) is 0 Å². The molecule has 1 aromatic carbocycles. The Kier molecular flexibility index (Phi) is 4.04. The lowest BCUT2D eigenvalue weighted by atomic mass is 10.1. The maximum Gasteiger partial charge on any atom is 0.321 e. The van der Waals surface area contributed by atoms with E-state index >= 15 is 0 Å². The van der Waals surface area contributed by atoms with Crippen molar-refractivity contribution < 1.29 is 9.18 Å². The molecule has 98 valence electrons. The molecule has 2 rings (SSSR count). The van der Waals surface area contributed by atoms with Gasteiger partial charge in [0.25, 0.3) is 0 Å². The Balaban J connectivity index is 2.04. The third kappa shape index (κ3) is 3.11. The summed E-state index contributed by atoms with van der Waals surface area (Å²) in [6.45, 7) is 1.17. The van der Waals surface area contributed by atoms with Gasteiger partial charge in [-0.25, -0.2) is 9.18 Å². The standard InChI is InChI=1S/C12H15ClFN3O/c13-10-4-3-8(14)6-11(10)16-12(18)17-5-1-2-9(15)7-17/h3-4,6,9H,1-2,5,7,15H2,(H,16,18)/t9-/m1/s1. The topological polar surface area (TPSA) is 58.4 Å². The minimum absolute atomic E-state index is 0.00693. The van der Waals surface area contributed by atoms with E-state index in [0.29, 0.717) is 18.1 Å². The zero-order valence-electron chi connectivity index (χ0n) is 9.83. The lowest BCUT2D eigenvalue weighted by Gasteiger charge is -2.30. The highest BCUT2D eigenvalue weighted by atomic mass is 35.5. The van der Waals surface area contributed by atoms with Gasteiger partial charge in [0.05, 0.1) is 10.7 Å². The highest BCUT2D eigenvalue weighted by molar-refractivity contribution is 6.33. The third-order valence-electron chi connectivity index (χ3n) is 2.92. The second-order valence-corrected chi connectivity index (χ2v) is 4.81. The molecule has 18 heavy (non-hydrogen) atoms. The van der Waals surface area contributed by atoms with Gasteiger partial charge in [-0.1, -0.05) is 11.6 Å². The average Bonchev–Trinajstić information content (AvgIpc) is 2.34. The van der Waals surface area contributed by atoms with E-state index in [1.807, 2.05) is 0 Å². The van der Waals surface area contributed by atoms with Gasteiger partial charge in [-0.05, 0) is 31.0 Å². The Morgan fingerprint density at radius 1 is 1.56 bits per heavy atom. The first kappa shape index (κ1) is 13.1. The Hall–Kier alpha value is -1.33. The number of hydrogen-bond donors (Lipinski definition) is 2. The Bertz CT molecular complexity index is 455.